The van der Waals surface area contributed by atoms with Gasteiger partial charge in [0.25, 0.3) is 0 Å². The second kappa shape index (κ2) is 8.13. The molecule has 2 amide bonds. The van der Waals surface area contributed by atoms with Gasteiger partial charge < -0.3 is 10.2 Å². The molecular formula is C18H33N3O2. The maximum absolute atomic E-state index is 12.5. The van der Waals surface area contributed by atoms with Crippen molar-refractivity contribution in [3.63, 3.8) is 0 Å². The van der Waals surface area contributed by atoms with Crippen molar-refractivity contribution in [2.75, 3.05) is 20.1 Å². The van der Waals surface area contributed by atoms with Crippen LogP contribution in [0.1, 0.15) is 59.3 Å². The largest absolute Gasteiger partial charge is 0.352 e. The van der Waals surface area contributed by atoms with Crippen LogP contribution in [0.2, 0.25) is 0 Å². The Labute approximate surface area is 140 Å². The van der Waals surface area contributed by atoms with Gasteiger partial charge in [0, 0.05) is 39.1 Å². The summed E-state index contributed by atoms with van der Waals surface area (Å²) in [5.74, 6) is 1.10. The Bertz CT molecular complexity index is 410. The molecule has 2 fully saturated rings. The SMILES string of the molecule is CC(=O)N(C)C1CCN(C(C)C(=O)NC2CCC(C)CC2)CC1. The Morgan fingerprint density at radius 2 is 1.65 bits per heavy atom. The van der Waals surface area contributed by atoms with E-state index in [0.29, 0.717) is 12.1 Å². The highest BCUT2D eigenvalue weighted by Gasteiger charge is 2.30. The first kappa shape index (κ1) is 18.2. The van der Waals surface area contributed by atoms with Crippen LogP contribution in [0.25, 0.3) is 0 Å². The number of likely N-dealkylation sites (tertiary alicyclic amines) is 1. The van der Waals surface area contributed by atoms with Crippen LogP contribution in [-0.2, 0) is 9.59 Å². The van der Waals surface area contributed by atoms with Gasteiger partial charge in [-0.05, 0) is 51.4 Å². The van der Waals surface area contributed by atoms with E-state index >= 15 is 0 Å². The first-order valence-corrected chi connectivity index (χ1v) is 9.16. The van der Waals surface area contributed by atoms with Gasteiger partial charge in [0.1, 0.15) is 0 Å². The number of carbonyl (C=O) groups excluding carboxylic acids is 2. The van der Waals surface area contributed by atoms with Gasteiger partial charge in [0.2, 0.25) is 11.8 Å². The lowest BCUT2D eigenvalue weighted by Crippen LogP contribution is -2.53. The van der Waals surface area contributed by atoms with E-state index in [2.05, 4.69) is 17.1 Å². The van der Waals surface area contributed by atoms with Crippen molar-refractivity contribution in [3.8, 4) is 0 Å². The highest BCUT2D eigenvalue weighted by atomic mass is 16.2. The van der Waals surface area contributed by atoms with Crippen LogP contribution in [0, 0.1) is 5.92 Å². The number of piperidine rings is 1. The predicted octanol–water partition coefficient (Wildman–Crippen LogP) is 2.01. The monoisotopic (exact) mass is 323 g/mol. The smallest absolute Gasteiger partial charge is 0.237 e. The third-order valence-corrected chi connectivity index (χ3v) is 5.83. The Kier molecular flexibility index (Phi) is 6.45. The van der Waals surface area contributed by atoms with Crippen molar-refractivity contribution >= 4 is 11.8 Å². The molecule has 1 saturated heterocycles. The van der Waals surface area contributed by atoms with Gasteiger partial charge in [-0.25, -0.2) is 0 Å². The Balaban J connectivity index is 1.76. The van der Waals surface area contributed by atoms with Crippen molar-refractivity contribution < 1.29 is 9.59 Å². The molecular weight excluding hydrogens is 290 g/mol. The van der Waals surface area contributed by atoms with E-state index in [9.17, 15) is 9.59 Å². The summed E-state index contributed by atoms with van der Waals surface area (Å²) in [6.45, 7) is 7.70. The molecule has 0 spiro atoms. The average molecular weight is 323 g/mol. The third kappa shape index (κ3) is 4.93. The number of carbonyl (C=O) groups is 2. The minimum Gasteiger partial charge on any atom is -0.352 e. The first-order valence-electron chi connectivity index (χ1n) is 9.16. The van der Waals surface area contributed by atoms with E-state index in [1.165, 1.54) is 12.8 Å². The topological polar surface area (TPSA) is 52.7 Å². The second-order valence-electron chi connectivity index (χ2n) is 7.54. The quantitative estimate of drug-likeness (QED) is 0.861. The van der Waals surface area contributed by atoms with E-state index in [1.54, 1.807) is 6.92 Å². The van der Waals surface area contributed by atoms with Gasteiger partial charge in [0.05, 0.1) is 6.04 Å². The number of nitrogens with one attached hydrogen (secondary N) is 1. The molecule has 0 aromatic rings. The summed E-state index contributed by atoms with van der Waals surface area (Å²) >= 11 is 0. The van der Waals surface area contributed by atoms with Gasteiger partial charge in [0.15, 0.2) is 0 Å². The second-order valence-corrected chi connectivity index (χ2v) is 7.54. The highest BCUT2D eigenvalue weighted by Crippen LogP contribution is 2.24. The minimum atomic E-state index is -0.0714. The summed E-state index contributed by atoms with van der Waals surface area (Å²) in [5.41, 5.74) is 0. The molecule has 1 saturated carbocycles. The number of amides is 2. The summed E-state index contributed by atoms with van der Waals surface area (Å²) < 4.78 is 0. The maximum Gasteiger partial charge on any atom is 0.237 e. The van der Waals surface area contributed by atoms with Crippen LogP contribution in [0.5, 0.6) is 0 Å². The van der Waals surface area contributed by atoms with Gasteiger partial charge in [-0.3, -0.25) is 14.5 Å². The fraction of sp³-hybridized carbons (Fsp3) is 0.889. The molecule has 2 aliphatic rings. The molecule has 1 N–H and O–H groups in total. The highest BCUT2D eigenvalue weighted by molar-refractivity contribution is 5.81. The van der Waals surface area contributed by atoms with Gasteiger partial charge in [-0.2, -0.15) is 0 Å². The van der Waals surface area contributed by atoms with Gasteiger partial charge in [-0.15, -0.1) is 0 Å². The normalized spacial score (nSPS) is 28.2. The van der Waals surface area contributed by atoms with E-state index < -0.39 is 0 Å². The minimum absolute atomic E-state index is 0.0714. The Morgan fingerprint density at radius 1 is 1.09 bits per heavy atom. The zero-order valence-electron chi connectivity index (χ0n) is 15.2. The third-order valence-electron chi connectivity index (χ3n) is 5.83. The number of rotatable bonds is 4. The molecule has 1 aliphatic heterocycles. The molecule has 1 heterocycles. The van der Waals surface area contributed by atoms with Crippen molar-refractivity contribution in [2.45, 2.75) is 77.4 Å². The van der Waals surface area contributed by atoms with Crippen LogP contribution >= 0.6 is 0 Å². The van der Waals surface area contributed by atoms with Crippen molar-refractivity contribution in [2.24, 2.45) is 5.92 Å². The Hall–Kier alpha value is -1.10. The summed E-state index contributed by atoms with van der Waals surface area (Å²) in [7, 11) is 1.88. The maximum atomic E-state index is 12.5. The summed E-state index contributed by atoms with van der Waals surface area (Å²) in [6.07, 6.45) is 6.59. The predicted molar refractivity (Wildman–Crippen MR) is 92.1 cm³/mol. The number of hydrogen-bond donors (Lipinski definition) is 1. The van der Waals surface area contributed by atoms with Crippen LogP contribution in [0.3, 0.4) is 0 Å². The fourth-order valence-electron chi connectivity index (χ4n) is 3.81. The molecule has 2 rings (SSSR count). The average Bonchev–Trinajstić information content (AvgIpc) is 2.55. The van der Waals surface area contributed by atoms with Gasteiger partial charge >= 0.3 is 0 Å². The van der Waals surface area contributed by atoms with E-state index in [1.807, 2.05) is 18.9 Å². The molecule has 5 nitrogen and oxygen atoms in total. The molecule has 23 heavy (non-hydrogen) atoms. The van der Waals surface area contributed by atoms with Crippen molar-refractivity contribution in [3.05, 3.63) is 0 Å². The molecule has 132 valence electrons. The zero-order valence-corrected chi connectivity index (χ0v) is 15.2. The van der Waals surface area contributed by atoms with Gasteiger partial charge in [-0.1, -0.05) is 6.92 Å². The van der Waals surface area contributed by atoms with E-state index in [-0.39, 0.29) is 17.9 Å². The van der Waals surface area contributed by atoms with Crippen molar-refractivity contribution in [1.29, 1.82) is 0 Å². The molecule has 0 aromatic heterocycles. The van der Waals surface area contributed by atoms with E-state index in [0.717, 1.165) is 44.7 Å². The molecule has 1 unspecified atom stereocenters. The fourth-order valence-corrected chi connectivity index (χ4v) is 3.81. The molecule has 1 aliphatic carbocycles. The Morgan fingerprint density at radius 3 is 2.17 bits per heavy atom. The summed E-state index contributed by atoms with van der Waals surface area (Å²) in [5, 5.41) is 3.24. The molecule has 0 radical (unpaired) electrons. The number of nitrogens with zero attached hydrogens (tertiary/aromatic N) is 2. The van der Waals surface area contributed by atoms with E-state index in [4.69, 9.17) is 0 Å². The van der Waals surface area contributed by atoms with Crippen LogP contribution < -0.4 is 5.32 Å². The number of hydrogen-bond acceptors (Lipinski definition) is 3. The molecule has 5 heteroatoms. The standard InChI is InChI=1S/C18H33N3O2/c1-13-5-7-16(8-6-13)19-18(23)14(2)21-11-9-17(10-12-21)20(4)15(3)22/h13-14,16-17H,5-12H2,1-4H3,(H,19,23). The van der Waals surface area contributed by atoms with Crippen LogP contribution in [0.15, 0.2) is 0 Å². The van der Waals surface area contributed by atoms with Crippen molar-refractivity contribution in [1.82, 2.24) is 15.1 Å². The summed E-state index contributed by atoms with van der Waals surface area (Å²) in [4.78, 5) is 28.1. The van der Waals surface area contributed by atoms with Crippen LogP contribution in [-0.4, -0.2) is 59.9 Å². The lowest BCUT2D eigenvalue weighted by molar-refractivity contribution is -0.132. The first-order chi connectivity index (χ1) is 10.9. The molecule has 1 atom stereocenters. The summed E-state index contributed by atoms with van der Waals surface area (Å²) in [6, 6.07) is 0.610. The zero-order chi connectivity index (χ0) is 17.0. The lowest BCUT2D eigenvalue weighted by atomic mass is 9.87. The molecule has 0 bridgehead atoms. The lowest BCUT2D eigenvalue weighted by Gasteiger charge is -2.39. The molecule has 0 aromatic carbocycles. The van der Waals surface area contributed by atoms with Crippen LogP contribution in [0.4, 0.5) is 0 Å².